The number of rotatable bonds is 1. The van der Waals surface area contributed by atoms with Crippen molar-refractivity contribution in [1.82, 2.24) is 4.90 Å². The van der Waals surface area contributed by atoms with Crippen LogP contribution in [0.4, 0.5) is 0 Å². The normalized spacial score (nSPS) is 46.2. The summed E-state index contributed by atoms with van der Waals surface area (Å²) in [5.74, 6) is 3.63. The maximum Gasteiger partial charge on any atom is 0.226 e. The van der Waals surface area contributed by atoms with Crippen LogP contribution in [0.2, 0.25) is 0 Å². The number of carbonyl (C=O) groups excluding carboxylic acids is 1. The predicted octanol–water partition coefficient (Wildman–Crippen LogP) is 1.81. The molecule has 5 fully saturated rings. The smallest absolute Gasteiger partial charge is 0.226 e. The van der Waals surface area contributed by atoms with Crippen molar-refractivity contribution in [1.29, 1.82) is 5.26 Å². The summed E-state index contributed by atoms with van der Waals surface area (Å²) in [5, 5.41) is 8.99. The molecule has 1 heterocycles. The van der Waals surface area contributed by atoms with Crippen LogP contribution >= 0.6 is 0 Å². The second kappa shape index (κ2) is 4.73. The van der Waals surface area contributed by atoms with Gasteiger partial charge in [0.1, 0.15) is 0 Å². The summed E-state index contributed by atoms with van der Waals surface area (Å²) in [4.78, 5) is 14.8. The summed E-state index contributed by atoms with van der Waals surface area (Å²) in [7, 11) is 0. The summed E-state index contributed by atoms with van der Waals surface area (Å²) in [6.07, 6.45) is 6.09. The van der Waals surface area contributed by atoms with E-state index in [1.165, 1.54) is 32.1 Å². The Hall–Kier alpha value is -1.08. The van der Waals surface area contributed by atoms with Crippen LogP contribution in [-0.2, 0) is 9.53 Å². The molecule has 1 aliphatic heterocycles. The van der Waals surface area contributed by atoms with Crippen LogP contribution in [0.1, 0.15) is 32.1 Å². The van der Waals surface area contributed by atoms with Crippen molar-refractivity contribution in [2.45, 2.75) is 38.2 Å². The Morgan fingerprint density at radius 2 is 1.75 bits per heavy atom. The fraction of sp³-hybridized carbons (Fsp3) is 0.875. The minimum Gasteiger partial charge on any atom is -0.360 e. The lowest BCUT2D eigenvalue weighted by Crippen LogP contribution is -2.54. The molecule has 4 heteroatoms. The Bertz CT molecular complexity index is 428. The zero-order valence-corrected chi connectivity index (χ0v) is 11.8. The van der Waals surface area contributed by atoms with E-state index >= 15 is 0 Å². The molecule has 0 radical (unpaired) electrons. The van der Waals surface area contributed by atoms with Crippen LogP contribution < -0.4 is 0 Å². The molecule has 0 N–H and O–H groups in total. The van der Waals surface area contributed by atoms with Gasteiger partial charge in [0, 0.05) is 12.5 Å². The van der Waals surface area contributed by atoms with E-state index < -0.39 is 6.10 Å². The van der Waals surface area contributed by atoms with Gasteiger partial charge in [0.05, 0.1) is 19.2 Å². The molecule has 0 aromatic heterocycles. The van der Waals surface area contributed by atoms with Crippen molar-refractivity contribution < 1.29 is 9.53 Å². The fourth-order valence-corrected chi connectivity index (χ4v) is 5.47. The summed E-state index contributed by atoms with van der Waals surface area (Å²) in [6, 6.07) is 2.14. The Labute approximate surface area is 120 Å². The van der Waals surface area contributed by atoms with Gasteiger partial charge in [-0.05, 0) is 55.8 Å². The average Bonchev–Trinajstić information content (AvgIpc) is 2.46. The molecule has 4 bridgehead atoms. The minimum absolute atomic E-state index is 0.250. The quantitative estimate of drug-likeness (QED) is 0.733. The third-order valence-corrected chi connectivity index (χ3v) is 6.03. The van der Waals surface area contributed by atoms with Gasteiger partial charge in [-0.15, -0.1) is 0 Å². The Morgan fingerprint density at radius 3 is 2.35 bits per heavy atom. The molecule has 108 valence electrons. The molecule has 0 spiro atoms. The van der Waals surface area contributed by atoms with Crippen LogP contribution in [0.3, 0.4) is 0 Å². The van der Waals surface area contributed by atoms with Gasteiger partial charge in [0.2, 0.25) is 5.91 Å². The number of nitrogens with zero attached hydrogens (tertiary/aromatic N) is 2. The summed E-state index contributed by atoms with van der Waals surface area (Å²) >= 11 is 0. The first kappa shape index (κ1) is 12.6. The molecule has 4 saturated carbocycles. The Morgan fingerprint density at radius 1 is 1.10 bits per heavy atom. The first-order valence-electron chi connectivity index (χ1n) is 8.04. The van der Waals surface area contributed by atoms with Gasteiger partial charge in [-0.3, -0.25) is 4.79 Å². The summed E-state index contributed by atoms with van der Waals surface area (Å²) in [5.41, 5.74) is 0. The number of carbonyl (C=O) groups is 1. The number of amides is 1. The van der Waals surface area contributed by atoms with Crippen LogP contribution in [0.25, 0.3) is 0 Å². The molecule has 1 amide bonds. The second-order valence-electron chi connectivity index (χ2n) is 7.23. The SMILES string of the molecule is N#CC1CN(C(=O)C2C3CC4CC(C3)CC2C4)CCO1. The maximum atomic E-state index is 12.9. The van der Waals surface area contributed by atoms with Crippen molar-refractivity contribution in [2.24, 2.45) is 29.6 Å². The molecule has 1 atom stereocenters. The Balaban J connectivity index is 1.50. The van der Waals surface area contributed by atoms with E-state index in [4.69, 9.17) is 10.00 Å². The Kier molecular flexibility index (Phi) is 2.99. The lowest BCUT2D eigenvalue weighted by Gasteiger charge is -2.54. The molecule has 4 nitrogen and oxygen atoms in total. The zero-order valence-electron chi connectivity index (χ0n) is 11.8. The van der Waals surface area contributed by atoms with E-state index in [0.717, 1.165) is 11.8 Å². The van der Waals surface area contributed by atoms with E-state index in [9.17, 15) is 4.79 Å². The van der Waals surface area contributed by atoms with Gasteiger partial charge in [-0.25, -0.2) is 0 Å². The molecule has 1 saturated heterocycles. The van der Waals surface area contributed by atoms with E-state index in [-0.39, 0.29) is 5.92 Å². The highest BCUT2D eigenvalue weighted by molar-refractivity contribution is 5.80. The molecule has 5 aliphatic rings. The van der Waals surface area contributed by atoms with Gasteiger partial charge in [-0.1, -0.05) is 0 Å². The van der Waals surface area contributed by atoms with Gasteiger partial charge < -0.3 is 9.64 Å². The van der Waals surface area contributed by atoms with Gasteiger partial charge in [0.25, 0.3) is 0 Å². The van der Waals surface area contributed by atoms with Crippen molar-refractivity contribution in [3.05, 3.63) is 0 Å². The molecule has 4 aliphatic carbocycles. The number of hydrogen-bond acceptors (Lipinski definition) is 3. The highest BCUT2D eigenvalue weighted by Gasteiger charge is 2.51. The van der Waals surface area contributed by atoms with E-state index in [2.05, 4.69) is 6.07 Å². The van der Waals surface area contributed by atoms with E-state index in [1.54, 1.807) is 0 Å². The van der Waals surface area contributed by atoms with Gasteiger partial charge >= 0.3 is 0 Å². The summed E-state index contributed by atoms with van der Waals surface area (Å²) < 4.78 is 5.36. The molecule has 0 aromatic carbocycles. The van der Waals surface area contributed by atoms with Crippen LogP contribution in [0, 0.1) is 40.9 Å². The number of hydrogen-bond donors (Lipinski definition) is 0. The lowest BCUT2D eigenvalue weighted by atomic mass is 9.51. The molecule has 5 rings (SSSR count). The summed E-state index contributed by atoms with van der Waals surface area (Å²) in [6.45, 7) is 1.65. The predicted molar refractivity (Wildman–Crippen MR) is 72.5 cm³/mol. The second-order valence-corrected chi connectivity index (χ2v) is 7.23. The number of nitriles is 1. The van der Waals surface area contributed by atoms with Crippen LogP contribution in [-0.4, -0.2) is 36.6 Å². The fourth-order valence-electron chi connectivity index (χ4n) is 5.47. The maximum absolute atomic E-state index is 12.9. The monoisotopic (exact) mass is 274 g/mol. The molecular weight excluding hydrogens is 252 g/mol. The molecular formula is C16H22N2O2. The highest BCUT2D eigenvalue weighted by Crippen LogP contribution is 2.56. The number of ether oxygens (including phenoxy) is 1. The standard InChI is InChI=1S/C16H22N2O2/c17-8-14-9-18(1-2-20-14)16(19)15-12-4-10-3-11(6-12)7-13(15)5-10/h10-15H,1-7,9H2. The topological polar surface area (TPSA) is 53.3 Å². The minimum atomic E-state index is -0.426. The highest BCUT2D eigenvalue weighted by atomic mass is 16.5. The third kappa shape index (κ3) is 1.95. The zero-order chi connectivity index (χ0) is 13.7. The van der Waals surface area contributed by atoms with Crippen molar-refractivity contribution in [2.75, 3.05) is 19.7 Å². The largest absolute Gasteiger partial charge is 0.360 e. The van der Waals surface area contributed by atoms with Crippen molar-refractivity contribution in [3.63, 3.8) is 0 Å². The van der Waals surface area contributed by atoms with Crippen LogP contribution in [0.5, 0.6) is 0 Å². The van der Waals surface area contributed by atoms with Crippen molar-refractivity contribution >= 4 is 5.91 Å². The molecule has 20 heavy (non-hydrogen) atoms. The van der Waals surface area contributed by atoms with Crippen molar-refractivity contribution in [3.8, 4) is 6.07 Å². The van der Waals surface area contributed by atoms with E-state index in [0.29, 0.717) is 37.4 Å². The third-order valence-electron chi connectivity index (χ3n) is 6.03. The van der Waals surface area contributed by atoms with Gasteiger partial charge in [-0.2, -0.15) is 5.26 Å². The lowest BCUT2D eigenvalue weighted by molar-refractivity contribution is -0.154. The van der Waals surface area contributed by atoms with E-state index in [1.807, 2.05) is 4.90 Å². The number of morpholine rings is 1. The van der Waals surface area contributed by atoms with Gasteiger partial charge in [0.15, 0.2) is 6.10 Å². The molecule has 1 unspecified atom stereocenters. The first-order valence-corrected chi connectivity index (χ1v) is 8.04. The first-order chi connectivity index (χ1) is 9.74. The van der Waals surface area contributed by atoms with Crippen LogP contribution in [0.15, 0.2) is 0 Å². The average molecular weight is 274 g/mol. The molecule has 0 aromatic rings.